The molecule has 374 valence electrons. The van der Waals surface area contributed by atoms with E-state index in [0.717, 1.165) is 12.8 Å². The fourth-order valence-corrected chi connectivity index (χ4v) is 4.24. The van der Waals surface area contributed by atoms with Crippen LogP contribution >= 0.6 is 0 Å². The van der Waals surface area contributed by atoms with Crippen molar-refractivity contribution in [3.63, 3.8) is 0 Å². The molecule has 0 aromatic heterocycles. The van der Waals surface area contributed by atoms with Gasteiger partial charge in [-0.05, 0) is 82.1 Å². The van der Waals surface area contributed by atoms with Crippen LogP contribution in [-0.4, -0.2) is 141 Å². The average Bonchev–Trinajstić information content (AvgIpc) is 3.25. The average molecular weight is 911 g/mol. The van der Waals surface area contributed by atoms with Crippen molar-refractivity contribution in [1.82, 2.24) is 0 Å². The second-order valence-corrected chi connectivity index (χ2v) is 15.5. The highest BCUT2D eigenvalue weighted by Crippen LogP contribution is 2.10. The third-order valence-electron chi connectivity index (χ3n) is 8.69. The van der Waals surface area contributed by atoms with Gasteiger partial charge in [0, 0.05) is 72.2 Å². The van der Waals surface area contributed by atoms with Crippen molar-refractivity contribution in [2.24, 2.45) is 0 Å². The summed E-state index contributed by atoms with van der Waals surface area (Å²) >= 11 is 0. The summed E-state index contributed by atoms with van der Waals surface area (Å²) in [5.74, 6) is 0. The Morgan fingerprint density at radius 3 is 0.500 bits per heavy atom. The fraction of sp³-hybridized carbons (Fsp3) is 1.00. The summed E-state index contributed by atoms with van der Waals surface area (Å²) in [5.41, 5.74) is 0. The third-order valence-corrected chi connectivity index (χ3v) is 8.69. The Kier molecular flexibility index (Phi) is 43.5. The number of hydrogen-bond acceptors (Lipinski definition) is 20. The molecule has 0 aliphatic carbocycles. The maximum absolute atomic E-state index is 5.40. The van der Waals surface area contributed by atoms with Crippen LogP contribution in [-0.2, 0) is 97.5 Å². The second-order valence-electron chi connectivity index (χ2n) is 15.5. The molecular formula is C42H86O20. The van der Waals surface area contributed by atoms with Gasteiger partial charge in [0.05, 0.1) is 121 Å². The van der Waals surface area contributed by atoms with Crippen LogP contribution in [0.2, 0.25) is 0 Å². The van der Waals surface area contributed by atoms with Crippen molar-refractivity contribution in [2.75, 3.05) is 80.3 Å². The Bertz CT molecular complexity index is 914. The van der Waals surface area contributed by atoms with Crippen LogP contribution < -0.4 is 0 Å². The molecule has 0 saturated carbocycles. The lowest BCUT2D eigenvalue weighted by atomic mass is 10.3. The van der Waals surface area contributed by atoms with Crippen molar-refractivity contribution in [2.45, 2.75) is 194 Å². The highest BCUT2D eigenvalue weighted by atomic mass is 17.2. The lowest BCUT2D eigenvalue weighted by Gasteiger charge is -2.16. The first-order valence-corrected chi connectivity index (χ1v) is 22.4. The summed E-state index contributed by atoms with van der Waals surface area (Å²) in [4.78, 5) is 95.8. The van der Waals surface area contributed by atoms with Gasteiger partial charge in [0.25, 0.3) is 0 Å². The van der Waals surface area contributed by atoms with E-state index in [4.69, 9.17) is 97.5 Å². The van der Waals surface area contributed by atoms with Crippen LogP contribution in [0.5, 0.6) is 0 Å². The van der Waals surface area contributed by atoms with Crippen LogP contribution in [0.1, 0.15) is 133 Å². The molecule has 0 spiro atoms. The first-order chi connectivity index (χ1) is 29.9. The van der Waals surface area contributed by atoms with E-state index < -0.39 is 0 Å². The highest BCUT2D eigenvalue weighted by Gasteiger charge is 2.13. The lowest BCUT2D eigenvalue weighted by Crippen LogP contribution is -2.19. The minimum Gasteiger partial charge on any atom is -0.385 e. The number of rotatable bonds is 49. The topological polar surface area (TPSA) is 185 Å². The quantitative estimate of drug-likeness (QED) is 0.0330. The van der Waals surface area contributed by atoms with Crippen molar-refractivity contribution in [3.05, 3.63) is 0 Å². The van der Waals surface area contributed by atoms with Crippen molar-refractivity contribution >= 4 is 0 Å². The van der Waals surface area contributed by atoms with E-state index in [1.165, 1.54) is 0 Å². The molecule has 0 rings (SSSR count). The summed E-state index contributed by atoms with van der Waals surface area (Å²) in [7, 11) is 3.32. The normalized spacial score (nSPS) is 17.0. The van der Waals surface area contributed by atoms with E-state index in [1.54, 1.807) is 14.2 Å². The van der Waals surface area contributed by atoms with Crippen LogP contribution in [0, 0.1) is 0 Å². The van der Waals surface area contributed by atoms with Crippen molar-refractivity contribution in [3.8, 4) is 0 Å². The predicted molar refractivity (Wildman–Crippen MR) is 223 cm³/mol. The summed E-state index contributed by atoms with van der Waals surface area (Å²) in [6, 6.07) is 0. The van der Waals surface area contributed by atoms with Gasteiger partial charge in [0.2, 0.25) is 0 Å². The summed E-state index contributed by atoms with van der Waals surface area (Å²) in [6.45, 7) is 23.0. The Morgan fingerprint density at radius 2 is 0.355 bits per heavy atom. The molecule has 0 N–H and O–H groups in total. The minimum absolute atomic E-state index is 0.0328. The SMILES string of the molecule is COCCC(C)OOCCC(C)OOCCC(C)OOCCC(C)OOCCC(C)OOCCC(C)OOCCC(C)OOCCC(C)OOCCC(C)OOCCC(C)OC. The predicted octanol–water partition coefficient (Wildman–Crippen LogP) is 7.60. The van der Waals surface area contributed by atoms with Gasteiger partial charge in [-0.3, -0.25) is 0 Å². The molecule has 0 radical (unpaired) electrons. The molecule has 62 heavy (non-hydrogen) atoms. The molecule has 10 unspecified atom stereocenters. The molecule has 10 atom stereocenters. The molecule has 0 saturated heterocycles. The highest BCUT2D eigenvalue weighted by molar-refractivity contribution is 4.52. The lowest BCUT2D eigenvalue weighted by molar-refractivity contribution is -0.362. The number of ether oxygens (including phenoxy) is 2. The van der Waals surface area contributed by atoms with Gasteiger partial charge >= 0.3 is 0 Å². The monoisotopic (exact) mass is 911 g/mol. The van der Waals surface area contributed by atoms with Crippen LogP contribution in [0.25, 0.3) is 0 Å². The third kappa shape index (κ3) is 43.1. The molecule has 0 aromatic rings. The summed E-state index contributed by atoms with van der Waals surface area (Å²) < 4.78 is 10.2. The molecule has 0 fully saturated rings. The van der Waals surface area contributed by atoms with Gasteiger partial charge in [0.1, 0.15) is 0 Å². The molecular weight excluding hydrogens is 824 g/mol. The molecule has 0 bridgehead atoms. The second kappa shape index (κ2) is 44.1. The summed E-state index contributed by atoms with van der Waals surface area (Å²) in [5, 5.41) is 0. The van der Waals surface area contributed by atoms with Gasteiger partial charge in [-0.25, -0.2) is 88.0 Å². The van der Waals surface area contributed by atoms with Gasteiger partial charge in [-0.2, -0.15) is 0 Å². The molecule has 0 aliphatic rings. The largest absolute Gasteiger partial charge is 0.385 e. The first kappa shape index (κ1) is 61.2. The van der Waals surface area contributed by atoms with Crippen LogP contribution in [0.4, 0.5) is 0 Å². The molecule has 20 nitrogen and oxygen atoms in total. The maximum Gasteiger partial charge on any atom is 0.0925 e. The maximum atomic E-state index is 5.40. The van der Waals surface area contributed by atoms with Gasteiger partial charge in [0.15, 0.2) is 0 Å². The van der Waals surface area contributed by atoms with Crippen LogP contribution in [0.15, 0.2) is 0 Å². The Balaban J connectivity index is 3.62. The van der Waals surface area contributed by atoms with E-state index in [2.05, 4.69) is 0 Å². The summed E-state index contributed by atoms with van der Waals surface area (Å²) in [6.07, 6.45) is 5.02. The molecule has 20 heteroatoms. The van der Waals surface area contributed by atoms with E-state index in [9.17, 15) is 0 Å². The Hall–Kier alpha value is -0.800. The van der Waals surface area contributed by atoms with E-state index >= 15 is 0 Å². The minimum atomic E-state index is -0.194. The van der Waals surface area contributed by atoms with Crippen molar-refractivity contribution in [1.29, 1.82) is 0 Å². The van der Waals surface area contributed by atoms with Crippen molar-refractivity contribution < 1.29 is 97.5 Å². The van der Waals surface area contributed by atoms with E-state index in [0.29, 0.717) is 117 Å². The zero-order valence-corrected chi connectivity index (χ0v) is 40.1. The molecule has 0 aliphatic heterocycles. The van der Waals surface area contributed by atoms with Crippen LogP contribution in [0.3, 0.4) is 0 Å². The first-order valence-electron chi connectivity index (χ1n) is 22.4. The standard InChI is InChI=1S/C42H86O20/c1-33(44-12)14-24-45-55-35(3)16-26-47-57-37(5)18-28-49-59-39(7)20-30-51-61-41(9)22-32-53-62-42(10)21-31-52-60-40(8)19-29-50-58-38(6)17-27-48-56-36(4)15-25-46-54-34(2)13-23-43-11/h33-42H,13-32H2,1-12H3. The number of methoxy groups -OCH3 is 2. The molecule has 0 aromatic carbocycles. The fourth-order valence-electron chi connectivity index (χ4n) is 4.24. The smallest absolute Gasteiger partial charge is 0.0925 e. The van der Waals surface area contributed by atoms with Gasteiger partial charge in [-0.1, -0.05) is 0 Å². The zero-order chi connectivity index (χ0) is 46.1. The Labute approximate surface area is 371 Å². The molecule has 0 amide bonds. The zero-order valence-electron chi connectivity index (χ0n) is 40.1. The Morgan fingerprint density at radius 1 is 0.210 bits per heavy atom. The number of hydrogen-bond donors (Lipinski definition) is 0. The van der Waals surface area contributed by atoms with Gasteiger partial charge < -0.3 is 9.47 Å². The van der Waals surface area contributed by atoms with Gasteiger partial charge in [-0.15, -0.1) is 0 Å². The van der Waals surface area contributed by atoms with E-state index in [1.807, 2.05) is 69.2 Å². The molecule has 0 heterocycles. The van der Waals surface area contributed by atoms with E-state index in [-0.39, 0.29) is 61.0 Å².